The predicted molar refractivity (Wildman–Crippen MR) is 104 cm³/mol. The van der Waals surface area contributed by atoms with Crippen LogP contribution >= 0.6 is 15.9 Å². The van der Waals surface area contributed by atoms with E-state index in [1.54, 1.807) is 12.0 Å². The lowest BCUT2D eigenvalue weighted by Crippen LogP contribution is -2.32. The zero-order chi connectivity index (χ0) is 18.7. The molecule has 2 amide bonds. The number of halogens is 1. The summed E-state index contributed by atoms with van der Waals surface area (Å²) in [6.45, 7) is 2.76. The fourth-order valence-electron chi connectivity index (χ4n) is 3.11. The number of nitrogens with zero attached hydrogens (tertiary/aromatic N) is 1. The zero-order valence-electron chi connectivity index (χ0n) is 14.8. The minimum atomic E-state index is -0.346. The first-order valence-electron chi connectivity index (χ1n) is 8.45. The Morgan fingerprint density at radius 1 is 1.31 bits per heavy atom. The first kappa shape index (κ1) is 18.5. The van der Waals surface area contributed by atoms with E-state index in [1.807, 2.05) is 49.4 Å². The molecule has 5 nitrogen and oxygen atoms in total. The van der Waals surface area contributed by atoms with Gasteiger partial charge in [0.2, 0.25) is 11.8 Å². The standard InChI is InChI=1S/C20H21BrN2O3/c1-13-9-16(7-8-17(13)21)23-12-15(10-19(23)24)20(25)22-11-14-5-3-4-6-18(14)26-2/h3-9,15H,10-12H2,1-2H3,(H,22,25). The van der Waals surface area contributed by atoms with Crippen LogP contribution in [0, 0.1) is 12.8 Å². The molecule has 136 valence electrons. The molecule has 1 heterocycles. The van der Waals surface area contributed by atoms with Gasteiger partial charge < -0.3 is 15.0 Å². The first-order chi connectivity index (χ1) is 12.5. The molecule has 0 radical (unpaired) electrons. The monoisotopic (exact) mass is 416 g/mol. The number of para-hydroxylation sites is 1. The van der Waals surface area contributed by atoms with Crippen LogP contribution < -0.4 is 15.0 Å². The number of methoxy groups -OCH3 is 1. The van der Waals surface area contributed by atoms with Crippen molar-refractivity contribution in [3.05, 3.63) is 58.1 Å². The minimum absolute atomic E-state index is 0.0239. The molecular formula is C20H21BrN2O3. The number of amides is 2. The molecule has 1 atom stereocenters. The van der Waals surface area contributed by atoms with Crippen molar-refractivity contribution in [3.8, 4) is 5.75 Å². The van der Waals surface area contributed by atoms with E-state index >= 15 is 0 Å². The van der Waals surface area contributed by atoms with Crippen molar-refractivity contribution < 1.29 is 14.3 Å². The number of carbonyl (C=O) groups is 2. The fraction of sp³-hybridized carbons (Fsp3) is 0.300. The highest BCUT2D eigenvalue weighted by Gasteiger charge is 2.35. The fourth-order valence-corrected chi connectivity index (χ4v) is 3.35. The van der Waals surface area contributed by atoms with Crippen molar-refractivity contribution in [1.82, 2.24) is 5.32 Å². The largest absolute Gasteiger partial charge is 0.496 e. The average Bonchev–Trinajstić information content (AvgIpc) is 3.04. The van der Waals surface area contributed by atoms with Gasteiger partial charge >= 0.3 is 0 Å². The average molecular weight is 417 g/mol. The van der Waals surface area contributed by atoms with E-state index in [4.69, 9.17) is 4.74 Å². The molecule has 0 aliphatic carbocycles. The number of benzene rings is 2. The summed E-state index contributed by atoms with van der Waals surface area (Å²) in [5.74, 6) is 0.258. The lowest BCUT2D eigenvalue weighted by atomic mass is 10.1. The van der Waals surface area contributed by atoms with Gasteiger partial charge in [0.25, 0.3) is 0 Å². The molecule has 3 rings (SSSR count). The number of nitrogens with one attached hydrogen (secondary N) is 1. The normalized spacial score (nSPS) is 16.7. The van der Waals surface area contributed by atoms with Crippen LogP contribution in [0.25, 0.3) is 0 Å². The van der Waals surface area contributed by atoms with E-state index in [9.17, 15) is 9.59 Å². The molecule has 0 bridgehead atoms. The zero-order valence-corrected chi connectivity index (χ0v) is 16.4. The summed E-state index contributed by atoms with van der Waals surface area (Å²) in [4.78, 5) is 26.6. The van der Waals surface area contributed by atoms with Crippen LogP contribution in [0.5, 0.6) is 5.75 Å². The lowest BCUT2D eigenvalue weighted by molar-refractivity contribution is -0.126. The Kier molecular flexibility index (Phi) is 5.61. The van der Waals surface area contributed by atoms with Gasteiger partial charge in [0.1, 0.15) is 5.75 Å². The molecule has 2 aromatic rings. The van der Waals surface area contributed by atoms with Gasteiger partial charge in [-0.05, 0) is 36.8 Å². The molecule has 1 aliphatic heterocycles. The van der Waals surface area contributed by atoms with E-state index < -0.39 is 0 Å². The SMILES string of the molecule is COc1ccccc1CNC(=O)C1CC(=O)N(c2ccc(Br)c(C)c2)C1. The molecule has 0 saturated carbocycles. The summed E-state index contributed by atoms with van der Waals surface area (Å²) in [5, 5.41) is 2.92. The molecule has 1 saturated heterocycles. The molecule has 26 heavy (non-hydrogen) atoms. The molecule has 1 aliphatic rings. The highest BCUT2D eigenvalue weighted by atomic mass is 79.9. The van der Waals surface area contributed by atoms with Crippen LogP contribution in [0.2, 0.25) is 0 Å². The van der Waals surface area contributed by atoms with Crippen molar-refractivity contribution in [1.29, 1.82) is 0 Å². The van der Waals surface area contributed by atoms with Crippen molar-refractivity contribution in [2.24, 2.45) is 5.92 Å². The van der Waals surface area contributed by atoms with Crippen LogP contribution in [-0.2, 0) is 16.1 Å². The van der Waals surface area contributed by atoms with E-state index in [2.05, 4.69) is 21.2 Å². The highest BCUT2D eigenvalue weighted by Crippen LogP contribution is 2.28. The molecule has 6 heteroatoms. The third kappa shape index (κ3) is 3.90. The summed E-state index contributed by atoms with van der Waals surface area (Å²) in [7, 11) is 1.61. The van der Waals surface area contributed by atoms with E-state index in [1.165, 1.54) is 0 Å². The van der Waals surface area contributed by atoms with Gasteiger partial charge in [0.15, 0.2) is 0 Å². The predicted octanol–water partition coefficient (Wildman–Crippen LogP) is 3.44. The Morgan fingerprint density at radius 3 is 2.81 bits per heavy atom. The van der Waals surface area contributed by atoms with E-state index in [0.29, 0.717) is 13.1 Å². The number of carbonyl (C=O) groups excluding carboxylic acids is 2. The Balaban J connectivity index is 1.64. The second-order valence-electron chi connectivity index (χ2n) is 6.37. The van der Waals surface area contributed by atoms with E-state index in [-0.39, 0.29) is 24.2 Å². The highest BCUT2D eigenvalue weighted by molar-refractivity contribution is 9.10. The van der Waals surface area contributed by atoms with Crippen LogP contribution in [0.4, 0.5) is 5.69 Å². The van der Waals surface area contributed by atoms with Crippen molar-refractivity contribution in [3.63, 3.8) is 0 Å². The van der Waals surface area contributed by atoms with Gasteiger partial charge in [-0.15, -0.1) is 0 Å². The molecule has 1 N–H and O–H groups in total. The second-order valence-corrected chi connectivity index (χ2v) is 7.22. The third-order valence-corrected chi connectivity index (χ3v) is 5.48. The van der Waals surface area contributed by atoms with Gasteiger partial charge in [-0.3, -0.25) is 9.59 Å². The number of rotatable bonds is 5. The smallest absolute Gasteiger partial charge is 0.227 e. The van der Waals surface area contributed by atoms with Crippen LogP contribution in [0.15, 0.2) is 46.9 Å². The van der Waals surface area contributed by atoms with Gasteiger partial charge in [0, 0.05) is 35.2 Å². The number of anilines is 1. The summed E-state index contributed by atoms with van der Waals surface area (Å²) in [6, 6.07) is 13.3. The quantitative estimate of drug-likeness (QED) is 0.811. The van der Waals surface area contributed by atoms with Crippen molar-refractivity contribution in [2.45, 2.75) is 19.9 Å². The molecular weight excluding hydrogens is 396 g/mol. The van der Waals surface area contributed by atoms with Crippen molar-refractivity contribution in [2.75, 3.05) is 18.6 Å². The summed E-state index contributed by atoms with van der Waals surface area (Å²) < 4.78 is 6.30. The topological polar surface area (TPSA) is 58.6 Å². The number of aryl methyl sites for hydroxylation is 1. The van der Waals surface area contributed by atoms with Crippen molar-refractivity contribution >= 4 is 33.4 Å². The molecule has 2 aromatic carbocycles. The third-order valence-electron chi connectivity index (χ3n) is 4.59. The molecule has 0 aromatic heterocycles. The number of hydrogen-bond acceptors (Lipinski definition) is 3. The van der Waals surface area contributed by atoms with Gasteiger partial charge in [-0.2, -0.15) is 0 Å². The maximum absolute atomic E-state index is 12.5. The second kappa shape index (κ2) is 7.91. The Labute approximate surface area is 161 Å². The summed E-state index contributed by atoms with van der Waals surface area (Å²) in [5.41, 5.74) is 2.79. The van der Waals surface area contributed by atoms with Crippen LogP contribution in [-0.4, -0.2) is 25.5 Å². The summed E-state index contributed by atoms with van der Waals surface area (Å²) in [6.07, 6.45) is 0.229. The van der Waals surface area contributed by atoms with Crippen LogP contribution in [0.1, 0.15) is 17.5 Å². The summed E-state index contributed by atoms with van der Waals surface area (Å²) >= 11 is 3.46. The van der Waals surface area contributed by atoms with Gasteiger partial charge in [0.05, 0.1) is 13.0 Å². The molecule has 0 spiro atoms. The maximum atomic E-state index is 12.5. The number of ether oxygens (including phenoxy) is 1. The lowest BCUT2D eigenvalue weighted by Gasteiger charge is -2.18. The van der Waals surface area contributed by atoms with Gasteiger partial charge in [-0.1, -0.05) is 34.1 Å². The Morgan fingerprint density at radius 2 is 2.08 bits per heavy atom. The molecule has 1 fully saturated rings. The Hall–Kier alpha value is -2.34. The first-order valence-corrected chi connectivity index (χ1v) is 9.25. The Bertz CT molecular complexity index is 838. The molecule has 1 unspecified atom stereocenters. The van der Waals surface area contributed by atoms with Gasteiger partial charge in [-0.25, -0.2) is 0 Å². The number of hydrogen-bond donors (Lipinski definition) is 1. The minimum Gasteiger partial charge on any atom is -0.496 e. The van der Waals surface area contributed by atoms with E-state index in [0.717, 1.165) is 27.0 Å². The maximum Gasteiger partial charge on any atom is 0.227 e. The van der Waals surface area contributed by atoms with Crippen LogP contribution in [0.3, 0.4) is 0 Å².